The molecule has 11 heteroatoms. The Hall–Kier alpha value is -3.24. The molecule has 5 aliphatic rings. The van der Waals surface area contributed by atoms with E-state index < -0.39 is 11.6 Å². The fraction of sp³-hybridized carbons (Fsp3) is 0.531. The smallest absolute Gasteiger partial charge is 0.319 e. The van der Waals surface area contributed by atoms with Gasteiger partial charge in [-0.15, -0.1) is 0 Å². The summed E-state index contributed by atoms with van der Waals surface area (Å²) in [4.78, 5) is 25.7. The van der Waals surface area contributed by atoms with Gasteiger partial charge in [0.1, 0.15) is 29.5 Å². The van der Waals surface area contributed by atoms with Crippen molar-refractivity contribution in [2.75, 3.05) is 37.7 Å². The van der Waals surface area contributed by atoms with E-state index in [1.165, 1.54) is 18.2 Å². The summed E-state index contributed by atoms with van der Waals surface area (Å²) in [5.74, 6) is -1.28. The number of aromatic nitrogens is 2. The van der Waals surface area contributed by atoms with Gasteiger partial charge in [0.05, 0.1) is 23.1 Å². The zero-order valence-corrected chi connectivity index (χ0v) is 24.7. The summed E-state index contributed by atoms with van der Waals surface area (Å²) in [6.45, 7) is 3.60. The van der Waals surface area contributed by atoms with Gasteiger partial charge in [-0.25, -0.2) is 8.78 Å². The van der Waals surface area contributed by atoms with Gasteiger partial charge >= 0.3 is 6.01 Å². The number of aromatic hydroxyl groups is 1. The largest absolute Gasteiger partial charge is 0.508 e. The molecule has 4 saturated heterocycles. The minimum atomic E-state index is -0.836. The van der Waals surface area contributed by atoms with Crippen LogP contribution in [0.15, 0.2) is 18.2 Å². The SMILES string of the molecule is O=C1CC2(CCCN(c3nc(OCC45CCCN4CCC5)nc4c(F)c(-c5cc(O)cc(Cl)c5C5CC5)c(F)cc34)C2)N1. The highest BCUT2D eigenvalue weighted by Gasteiger charge is 2.47. The lowest BCUT2D eigenvalue weighted by Gasteiger charge is -2.49. The van der Waals surface area contributed by atoms with Gasteiger partial charge in [0.15, 0.2) is 5.82 Å². The number of rotatable bonds is 6. The Morgan fingerprint density at radius 3 is 2.53 bits per heavy atom. The van der Waals surface area contributed by atoms with Crippen molar-refractivity contribution >= 4 is 34.2 Å². The molecule has 1 saturated carbocycles. The van der Waals surface area contributed by atoms with Crippen molar-refractivity contribution in [3.8, 4) is 22.9 Å². The average Bonchev–Trinajstić information content (AvgIpc) is 3.58. The highest BCUT2D eigenvalue weighted by molar-refractivity contribution is 6.32. The maximum atomic E-state index is 16.7. The van der Waals surface area contributed by atoms with Gasteiger partial charge in [0.25, 0.3) is 0 Å². The summed E-state index contributed by atoms with van der Waals surface area (Å²) < 4.78 is 39.1. The Bertz CT molecular complexity index is 1650. The molecule has 4 aliphatic heterocycles. The maximum absolute atomic E-state index is 16.7. The molecule has 1 atom stereocenters. The number of amides is 1. The first kappa shape index (κ1) is 27.3. The number of fused-ring (bicyclic) bond motifs is 2. The van der Waals surface area contributed by atoms with E-state index >= 15 is 8.78 Å². The summed E-state index contributed by atoms with van der Waals surface area (Å²) in [6, 6.07) is 4.15. The van der Waals surface area contributed by atoms with Gasteiger partial charge in [-0.3, -0.25) is 9.69 Å². The molecule has 8 nitrogen and oxygen atoms in total. The predicted octanol–water partition coefficient (Wildman–Crippen LogP) is 5.68. The van der Waals surface area contributed by atoms with Gasteiger partial charge in [0, 0.05) is 23.5 Å². The monoisotopic (exact) mass is 609 g/mol. The molecule has 5 heterocycles. The summed E-state index contributed by atoms with van der Waals surface area (Å²) in [7, 11) is 0. The topological polar surface area (TPSA) is 90.8 Å². The maximum Gasteiger partial charge on any atom is 0.319 e. The number of phenols is 1. The lowest BCUT2D eigenvalue weighted by molar-refractivity contribution is -0.133. The van der Waals surface area contributed by atoms with Crippen LogP contribution in [0, 0.1) is 11.6 Å². The van der Waals surface area contributed by atoms with Crippen molar-refractivity contribution in [3.63, 3.8) is 0 Å². The normalized spacial score (nSPS) is 24.8. The Balaban J connectivity index is 1.26. The fourth-order valence-electron chi connectivity index (χ4n) is 8.11. The van der Waals surface area contributed by atoms with E-state index in [0.717, 1.165) is 64.5 Å². The first-order valence-corrected chi connectivity index (χ1v) is 15.8. The standard InChI is InChI=1S/C32H34ClF2N5O3/c33-22-13-19(41)12-20(25(22)18-4-5-18)26-23(34)14-21-28(27(26)35)36-30(43-17-32-7-2-10-40(32)11-3-8-32)37-29(21)39-9-1-6-31(16-39)15-24(42)38-31/h12-14,18,41H,1-11,15-17H2,(H,38,42). The average molecular weight is 610 g/mol. The van der Waals surface area contributed by atoms with Gasteiger partial charge in [-0.05, 0) is 99.7 Å². The van der Waals surface area contributed by atoms with Crippen molar-refractivity contribution < 1.29 is 23.4 Å². The van der Waals surface area contributed by atoms with Crippen LogP contribution in [-0.4, -0.2) is 69.7 Å². The number of hydrogen-bond acceptors (Lipinski definition) is 7. The van der Waals surface area contributed by atoms with Crippen molar-refractivity contribution in [3.05, 3.63) is 40.4 Å². The molecule has 2 N–H and O–H groups in total. The molecule has 0 bridgehead atoms. The predicted molar refractivity (Wildman–Crippen MR) is 159 cm³/mol. The Kier molecular flexibility index (Phi) is 6.28. The van der Waals surface area contributed by atoms with E-state index in [9.17, 15) is 9.90 Å². The number of phenolic OH excluding ortho intramolecular Hbond substituents is 1. The molecule has 1 aliphatic carbocycles. The highest BCUT2D eigenvalue weighted by atomic mass is 35.5. The molecule has 8 rings (SSSR count). The van der Waals surface area contributed by atoms with Gasteiger partial charge in [-0.1, -0.05) is 11.6 Å². The van der Waals surface area contributed by atoms with Crippen LogP contribution in [0.2, 0.25) is 5.02 Å². The number of carbonyl (C=O) groups excluding carboxylic acids is 1. The molecule has 5 fully saturated rings. The van der Waals surface area contributed by atoms with Crippen LogP contribution in [0.3, 0.4) is 0 Å². The number of hydrogen-bond donors (Lipinski definition) is 2. The van der Waals surface area contributed by atoms with Crippen LogP contribution in [0.1, 0.15) is 69.3 Å². The van der Waals surface area contributed by atoms with Gasteiger partial charge < -0.3 is 20.1 Å². The van der Waals surface area contributed by atoms with E-state index in [-0.39, 0.29) is 56.7 Å². The number of nitrogens with zero attached hydrogens (tertiary/aromatic N) is 4. The van der Waals surface area contributed by atoms with Crippen molar-refractivity contribution in [1.29, 1.82) is 0 Å². The number of benzene rings is 2. The van der Waals surface area contributed by atoms with Crippen LogP contribution in [0.4, 0.5) is 14.6 Å². The number of anilines is 1. The summed E-state index contributed by atoms with van der Waals surface area (Å²) in [5.41, 5.74) is 0.154. The third-order valence-electron chi connectivity index (χ3n) is 10.3. The van der Waals surface area contributed by atoms with Crippen LogP contribution < -0.4 is 15.0 Å². The zero-order chi connectivity index (χ0) is 29.5. The molecular weight excluding hydrogens is 576 g/mol. The molecule has 1 aromatic heterocycles. The highest BCUT2D eigenvalue weighted by Crippen LogP contribution is 2.50. The van der Waals surface area contributed by atoms with Crippen molar-refractivity contribution in [1.82, 2.24) is 20.2 Å². The molecule has 0 radical (unpaired) electrons. The second kappa shape index (κ2) is 9.89. The van der Waals surface area contributed by atoms with Crippen LogP contribution >= 0.6 is 11.6 Å². The zero-order valence-electron chi connectivity index (χ0n) is 23.9. The summed E-state index contributed by atoms with van der Waals surface area (Å²) in [5, 5.41) is 14.0. The molecule has 2 aromatic carbocycles. The first-order valence-electron chi connectivity index (χ1n) is 15.4. The fourth-order valence-corrected chi connectivity index (χ4v) is 8.48. The van der Waals surface area contributed by atoms with Crippen LogP contribution in [-0.2, 0) is 4.79 Å². The summed E-state index contributed by atoms with van der Waals surface area (Å²) in [6.07, 6.45) is 8.09. The molecule has 1 unspecified atom stereocenters. The van der Waals surface area contributed by atoms with E-state index in [0.29, 0.717) is 42.5 Å². The van der Waals surface area contributed by atoms with Gasteiger partial charge in [0.2, 0.25) is 5.91 Å². The second-order valence-electron chi connectivity index (χ2n) is 13.2. The molecule has 3 aromatic rings. The minimum absolute atomic E-state index is 0.00771. The van der Waals surface area contributed by atoms with Crippen LogP contribution in [0.5, 0.6) is 11.8 Å². The Morgan fingerprint density at radius 2 is 1.81 bits per heavy atom. The Labute approximate surface area is 253 Å². The number of carbonyl (C=O) groups is 1. The number of piperidine rings is 1. The van der Waals surface area contributed by atoms with E-state index in [1.54, 1.807) is 0 Å². The minimum Gasteiger partial charge on any atom is -0.508 e. The number of nitrogens with one attached hydrogen (secondary N) is 1. The van der Waals surface area contributed by atoms with Crippen LogP contribution in [0.25, 0.3) is 22.0 Å². The molecule has 1 spiro atoms. The van der Waals surface area contributed by atoms with Gasteiger partial charge in [-0.2, -0.15) is 9.97 Å². The number of halogens is 3. The number of β-lactam (4-membered cyclic amide) rings is 1. The van der Waals surface area contributed by atoms with E-state index in [1.807, 2.05) is 4.90 Å². The van der Waals surface area contributed by atoms with Crippen molar-refractivity contribution in [2.24, 2.45) is 0 Å². The number of ether oxygens (including phenoxy) is 1. The first-order chi connectivity index (χ1) is 20.7. The third kappa shape index (κ3) is 4.51. The van der Waals surface area contributed by atoms with Crippen molar-refractivity contribution in [2.45, 2.75) is 74.8 Å². The van der Waals surface area contributed by atoms with E-state index in [4.69, 9.17) is 21.3 Å². The third-order valence-corrected chi connectivity index (χ3v) is 10.6. The lowest BCUT2D eigenvalue weighted by Crippen LogP contribution is -2.68. The second-order valence-corrected chi connectivity index (χ2v) is 13.6. The lowest BCUT2D eigenvalue weighted by atomic mass is 9.79. The summed E-state index contributed by atoms with van der Waals surface area (Å²) >= 11 is 6.51. The molecule has 43 heavy (non-hydrogen) atoms. The quantitative estimate of drug-likeness (QED) is 0.348. The van der Waals surface area contributed by atoms with E-state index in [2.05, 4.69) is 15.2 Å². The molecule has 1 amide bonds. The molecular formula is C32H34ClF2N5O3. The molecule has 226 valence electrons. The Morgan fingerprint density at radius 1 is 1.07 bits per heavy atom.